The Hall–Kier alpha value is -7.70. The van der Waals surface area contributed by atoms with Crippen LogP contribution in [0.3, 0.4) is 0 Å². The first-order chi connectivity index (χ1) is 32.0. The monoisotopic (exact) mass is 1010 g/mol. The number of ether oxygens (including phenoxy) is 2. The molecule has 1 aliphatic rings. The van der Waals surface area contributed by atoms with Crippen molar-refractivity contribution in [1.82, 2.24) is 0 Å². The number of carbonyl (C=O) groups is 1. The quantitative estimate of drug-likeness (QED) is 0.0258. The first-order valence-electron chi connectivity index (χ1n) is 18.7. The van der Waals surface area contributed by atoms with Gasteiger partial charge in [0, 0.05) is 34.0 Å². The van der Waals surface area contributed by atoms with Crippen LogP contribution in [0.4, 0.5) is 45.5 Å². The molecule has 7 N–H and O–H groups in total. The molecule has 1 aliphatic carbocycles. The highest BCUT2D eigenvalue weighted by Crippen LogP contribution is 2.42. The van der Waals surface area contributed by atoms with Crippen molar-refractivity contribution < 1.29 is 66.2 Å². The maximum Gasteiger partial charge on any atom is 0.296 e. The Morgan fingerprint density at radius 1 is 0.559 bits per heavy atom. The van der Waals surface area contributed by atoms with Gasteiger partial charge in [-0.25, -0.2) is 0 Å². The number of nitrogens with zero attached hydrogens (tertiary/aromatic N) is 7. The van der Waals surface area contributed by atoms with Crippen molar-refractivity contribution in [2.45, 2.75) is 14.7 Å². The van der Waals surface area contributed by atoms with E-state index in [0.29, 0.717) is 0 Å². The third-order valence-corrected chi connectivity index (χ3v) is 13.0. The van der Waals surface area contributed by atoms with Crippen LogP contribution in [0, 0.1) is 0 Å². The number of nitrogens with two attached hydrogens (primary N) is 1. The molecule has 0 saturated carbocycles. The summed E-state index contributed by atoms with van der Waals surface area (Å²) in [5.74, 6) is -1.07. The molecule has 0 fully saturated rings. The Morgan fingerprint density at radius 3 is 1.84 bits per heavy atom. The van der Waals surface area contributed by atoms with E-state index in [-0.39, 0.29) is 78.9 Å². The molecule has 0 saturated heterocycles. The van der Waals surface area contributed by atoms with Crippen LogP contribution in [-0.2, 0) is 40.5 Å². The fourth-order valence-corrected chi connectivity index (χ4v) is 8.70. The molecule has 0 unspecified atom stereocenters. The van der Waals surface area contributed by atoms with Gasteiger partial charge in [0.15, 0.2) is 5.71 Å². The lowest BCUT2D eigenvalue weighted by Crippen LogP contribution is -2.27. The third kappa shape index (κ3) is 10.3. The number of azo groups is 3. The molecule has 68 heavy (non-hydrogen) atoms. The molecular formula is C40H31N9O15S4. The van der Waals surface area contributed by atoms with E-state index in [4.69, 9.17) is 15.2 Å². The van der Waals surface area contributed by atoms with E-state index >= 15 is 0 Å². The summed E-state index contributed by atoms with van der Waals surface area (Å²) in [5, 5.41) is 28.8. The van der Waals surface area contributed by atoms with Gasteiger partial charge in [0.1, 0.15) is 44.0 Å². The number of rotatable bonds is 14. The summed E-state index contributed by atoms with van der Waals surface area (Å²) in [6.45, 7) is 0. The number of nitrogen functional groups attached to an aromatic ring is 1. The van der Waals surface area contributed by atoms with Crippen LogP contribution in [0.25, 0.3) is 16.8 Å². The number of nitrogens with one attached hydrogen (secondary N) is 1. The van der Waals surface area contributed by atoms with Gasteiger partial charge in [0.05, 0.1) is 46.8 Å². The number of methoxy groups -OCH3 is 2. The van der Waals surface area contributed by atoms with Gasteiger partial charge < -0.3 is 15.2 Å². The average molecular weight is 1010 g/mol. The maximum absolute atomic E-state index is 13.9. The molecule has 350 valence electrons. The van der Waals surface area contributed by atoms with Crippen LogP contribution in [-0.4, -0.2) is 77.6 Å². The van der Waals surface area contributed by atoms with Gasteiger partial charge in [0.25, 0.3) is 40.5 Å². The number of carbonyl (C=O) groups excluding carboxylic acids is 1. The summed E-state index contributed by atoms with van der Waals surface area (Å²) in [7, 11) is -16.7. The van der Waals surface area contributed by atoms with E-state index < -0.39 is 71.6 Å². The zero-order valence-corrected chi connectivity index (χ0v) is 37.8. The van der Waals surface area contributed by atoms with E-state index in [2.05, 4.69) is 41.2 Å². The largest absolute Gasteiger partial charge is 0.494 e. The molecule has 0 bridgehead atoms. The second-order valence-electron chi connectivity index (χ2n) is 13.9. The number of hydrazone groups is 1. The number of benzene rings is 6. The lowest BCUT2D eigenvalue weighted by atomic mass is 9.92. The van der Waals surface area contributed by atoms with Crippen LogP contribution in [0.1, 0.15) is 15.9 Å². The number of allylic oxidation sites excluding steroid dienone is 1. The number of hydrogen-bond donors (Lipinski definition) is 6. The molecule has 6 aromatic carbocycles. The van der Waals surface area contributed by atoms with Crippen molar-refractivity contribution in [2.24, 2.45) is 35.8 Å². The Labute approximate surface area is 385 Å². The van der Waals surface area contributed by atoms with Crippen molar-refractivity contribution >= 4 is 114 Å². The van der Waals surface area contributed by atoms with E-state index in [1.165, 1.54) is 87.0 Å². The van der Waals surface area contributed by atoms with Crippen LogP contribution in [0.2, 0.25) is 0 Å². The van der Waals surface area contributed by atoms with Gasteiger partial charge in [-0.15, -0.1) is 25.6 Å². The van der Waals surface area contributed by atoms with Gasteiger partial charge in [-0.2, -0.15) is 43.9 Å². The van der Waals surface area contributed by atoms with Crippen LogP contribution < -0.4 is 20.6 Å². The van der Waals surface area contributed by atoms with Crippen LogP contribution in [0.15, 0.2) is 159 Å². The zero-order chi connectivity index (χ0) is 49.3. The Kier molecular flexibility index (Phi) is 13.1. The molecule has 7 rings (SSSR count). The maximum atomic E-state index is 13.9. The van der Waals surface area contributed by atoms with E-state index in [1.54, 1.807) is 0 Å². The Morgan fingerprint density at radius 2 is 1.19 bits per heavy atom. The molecule has 28 heteroatoms. The summed E-state index contributed by atoms with van der Waals surface area (Å²) < 4.78 is 147. The summed E-state index contributed by atoms with van der Waals surface area (Å²) in [5.41, 5.74) is 6.98. The molecular weight excluding hydrogens is 975 g/mol. The molecule has 0 aliphatic heterocycles. The highest BCUT2D eigenvalue weighted by atomic mass is 32.2. The Balaban J connectivity index is 1.24. The minimum absolute atomic E-state index is 0.00240. The predicted molar refractivity (Wildman–Crippen MR) is 244 cm³/mol. The lowest BCUT2D eigenvalue weighted by Gasteiger charge is -2.18. The first kappa shape index (κ1) is 48.2. The number of fused-ring (bicyclic) bond motifs is 2. The predicted octanol–water partition coefficient (Wildman–Crippen LogP) is 8.32. The second-order valence-corrected chi connectivity index (χ2v) is 19.5. The van der Waals surface area contributed by atoms with Gasteiger partial charge in [-0.3, -0.25) is 28.4 Å². The molecule has 0 heterocycles. The summed E-state index contributed by atoms with van der Waals surface area (Å²) in [6.07, 6.45) is 0.883. The number of Topliss-reactive ketones (excluding diaryl/α,β-unsaturated/α-hetero) is 1. The second kappa shape index (κ2) is 18.5. The fraction of sp³-hybridized carbons (Fsp3) is 0.0500. The van der Waals surface area contributed by atoms with Crippen molar-refractivity contribution in [3.8, 4) is 11.5 Å². The molecule has 0 atom stereocenters. The van der Waals surface area contributed by atoms with Crippen LogP contribution >= 0.6 is 0 Å². The van der Waals surface area contributed by atoms with Gasteiger partial charge in [0.2, 0.25) is 5.78 Å². The van der Waals surface area contributed by atoms with Gasteiger partial charge in [-0.05, 0) is 72.8 Å². The fourth-order valence-electron chi connectivity index (χ4n) is 6.40. The Bertz CT molecular complexity index is 3730. The molecule has 24 nitrogen and oxygen atoms in total. The number of hydrogen-bond acceptors (Lipinski definition) is 20. The highest BCUT2D eigenvalue weighted by Gasteiger charge is 2.35. The number of ketones is 1. The first-order valence-corrected chi connectivity index (χ1v) is 24.4. The molecule has 0 aromatic heterocycles. The SMILES string of the molecule is COc1cc(N/N=C2\C(=O)c3ccc(N)c(N=Nc4cccc(S(=O)(=O)O)c4)c3C=C2S(=O)(=O)O)c(OC)cc1N=Nc1ccc(N=Nc2ccccc2S(=O)(=O)O)c2ccc(S(=O)(=O)O)cc12. The average Bonchev–Trinajstić information content (AvgIpc) is 3.28. The van der Waals surface area contributed by atoms with E-state index in [9.17, 15) is 56.7 Å². The molecule has 0 radical (unpaired) electrons. The highest BCUT2D eigenvalue weighted by molar-refractivity contribution is 7.91. The standard InChI is InChI=1S/C40H31N9O15S4/c1-63-34-20-33(47-49-39-37(68(60,61)62)18-27-25(40(39)50)12-13-28(41)38(27)48-42-21-6-5-7-22(16-21)65(51,52)53)35(64-2)19-32(34)46-44-30-15-14-29(24-11-10-23(17-26(24)30)66(54,55)56)43-45-31-8-3-4-9-36(31)67(57,58)59/h3-20,47H,41H2,1-2H3,(H,51,52,53)(H,54,55,56)(H,57,58,59)(H,60,61,62)/b45-43?,46-44?,48-42?,49-39-. The van der Waals surface area contributed by atoms with E-state index in [0.717, 1.165) is 36.4 Å². The van der Waals surface area contributed by atoms with Crippen molar-refractivity contribution in [1.29, 1.82) is 0 Å². The third-order valence-electron chi connectivity index (χ3n) is 9.58. The van der Waals surface area contributed by atoms with Crippen LogP contribution in [0.5, 0.6) is 11.5 Å². The van der Waals surface area contributed by atoms with Crippen molar-refractivity contribution in [3.63, 3.8) is 0 Å². The normalized spacial score (nSPS) is 14.2. The summed E-state index contributed by atoms with van der Waals surface area (Å²) in [4.78, 5) is 11.4. The summed E-state index contributed by atoms with van der Waals surface area (Å²) in [6, 6.07) is 21.3. The van der Waals surface area contributed by atoms with E-state index in [1.807, 2.05) is 0 Å². The minimum Gasteiger partial charge on any atom is -0.494 e. The molecule has 0 spiro atoms. The summed E-state index contributed by atoms with van der Waals surface area (Å²) >= 11 is 0. The zero-order valence-electron chi connectivity index (χ0n) is 34.5. The number of anilines is 2. The smallest absolute Gasteiger partial charge is 0.296 e. The molecule has 6 aromatic rings. The van der Waals surface area contributed by atoms with Gasteiger partial charge >= 0.3 is 0 Å². The minimum atomic E-state index is -5.21. The van der Waals surface area contributed by atoms with Crippen molar-refractivity contribution in [2.75, 3.05) is 25.4 Å². The topological polar surface area (TPSA) is 378 Å². The lowest BCUT2D eigenvalue weighted by molar-refractivity contribution is 0.106. The van der Waals surface area contributed by atoms with Crippen molar-refractivity contribution in [3.05, 3.63) is 119 Å². The van der Waals surface area contributed by atoms with Gasteiger partial charge in [-0.1, -0.05) is 24.3 Å². The molecule has 0 amide bonds.